The minimum absolute atomic E-state index is 0.0297. The molecule has 7 heteroatoms. The zero-order chi connectivity index (χ0) is 15.8. The number of fused-ring (bicyclic) bond motifs is 1. The van der Waals surface area contributed by atoms with Gasteiger partial charge in [0.15, 0.2) is 0 Å². The Bertz CT molecular complexity index is 381. The third-order valence-electron chi connectivity index (χ3n) is 4.26. The molecule has 2 saturated heterocycles. The van der Waals surface area contributed by atoms with Gasteiger partial charge in [-0.3, -0.25) is 4.79 Å². The zero-order valence-corrected chi connectivity index (χ0v) is 14.1. The number of hydrogen-bond acceptors (Lipinski definition) is 4. The van der Waals surface area contributed by atoms with Crippen LogP contribution in [0.1, 0.15) is 38.5 Å². The van der Waals surface area contributed by atoms with Crippen LogP contribution in [-0.2, 0) is 4.79 Å². The topological polar surface area (TPSA) is 82.3 Å². The molecule has 0 aromatic heterocycles. The quantitative estimate of drug-likeness (QED) is 0.354. The van der Waals surface area contributed by atoms with E-state index in [1.807, 2.05) is 18.8 Å². The standard InChI is InChI=1S/C15H28N4O2S/c1-16-8-4-5-9-17-13(20)7-3-2-6-12-14-11(10-22-12)18-15(21)19-14/h11-12,14,16H,2-10H2,1H3,(H,17,20)(H2,18,19,21). The lowest BCUT2D eigenvalue weighted by atomic mass is 10.0. The monoisotopic (exact) mass is 328 g/mol. The van der Waals surface area contributed by atoms with Crippen molar-refractivity contribution in [2.75, 3.05) is 25.9 Å². The Morgan fingerprint density at radius 2 is 2.05 bits per heavy atom. The summed E-state index contributed by atoms with van der Waals surface area (Å²) in [6.07, 6.45) is 5.78. The fourth-order valence-electron chi connectivity index (χ4n) is 3.02. The second-order valence-corrected chi connectivity index (χ2v) is 7.30. The number of rotatable bonds is 10. The molecule has 0 bridgehead atoms. The van der Waals surface area contributed by atoms with Gasteiger partial charge in [-0.15, -0.1) is 0 Å². The van der Waals surface area contributed by atoms with Crippen molar-refractivity contribution < 1.29 is 9.59 Å². The molecule has 22 heavy (non-hydrogen) atoms. The molecule has 3 amide bonds. The fourth-order valence-corrected chi connectivity index (χ4v) is 4.56. The molecular formula is C15H28N4O2S. The highest BCUT2D eigenvalue weighted by Crippen LogP contribution is 2.33. The Hall–Kier alpha value is -0.950. The molecule has 2 aliphatic heterocycles. The van der Waals surface area contributed by atoms with Crippen molar-refractivity contribution in [1.82, 2.24) is 21.3 Å². The van der Waals surface area contributed by atoms with Crippen LogP contribution in [0.2, 0.25) is 0 Å². The van der Waals surface area contributed by atoms with Crippen molar-refractivity contribution in [3.05, 3.63) is 0 Å². The summed E-state index contributed by atoms with van der Waals surface area (Å²) in [6.45, 7) is 1.78. The zero-order valence-electron chi connectivity index (χ0n) is 13.3. The number of thioether (sulfide) groups is 1. The Kier molecular flexibility index (Phi) is 7.32. The van der Waals surface area contributed by atoms with Gasteiger partial charge in [-0.05, 0) is 39.3 Å². The van der Waals surface area contributed by atoms with Crippen LogP contribution < -0.4 is 21.3 Å². The first-order chi connectivity index (χ1) is 10.7. The molecule has 0 aromatic carbocycles. The van der Waals surface area contributed by atoms with Crippen LogP contribution in [0.3, 0.4) is 0 Å². The van der Waals surface area contributed by atoms with E-state index in [4.69, 9.17) is 0 Å². The number of amides is 3. The van der Waals surface area contributed by atoms with Crippen molar-refractivity contribution >= 4 is 23.7 Å². The van der Waals surface area contributed by atoms with Gasteiger partial charge in [-0.1, -0.05) is 6.42 Å². The number of carbonyl (C=O) groups is 2. The van der Waals surface area contributed by atoms with Gasteiger partial charge < -0.3 is 21.3 Å². The smallest absolute Gasteiger partial charge is 0.315 e. The molecule has 0 aromatic rings. The summed E-state index contributed by atoms with van der Waals surface area (Å²) in [5.41, 5.74) is 0. The van der Waals surface area contributed by atoms with Gasteiger partial charge in [0.1, 0.15) is 0 Å². The van der Waals surface area contributed by atoms with Crippen molar-refractivity contribution in [1.29, 1.82) is 0 Å². The Labute approximate surface area is 136 Å². The molecule has 2 rings (SSSR count). The number of unbranched alkanes of at least 4 members (excludes halogenated alkanes) is 2. The molecule has 2 aliphatic rings. The highest BCUT2D eigenvalue weighted by molar-refractivity contribution is 8.00. The van der Waals surface area contributed by atoms with E-state index < -0.39 is 0 Å². The second kappa shape index (κ2) is 9.25. The first kappa shape index (κ1) is 17.4. The van der Waals surface area contributed by atoms with E-state index in [-0.39, 0.29) is 18.0 Å². The molecule has 0 aliphatic carbocycles. The maximum absolute atomic E-state index is 11.7. The fraction of sp³-hybridized carbons (Fsp3) is 0.867. The van der Waals surface area contributed by atoms with Crippen molar-refractivity contribution in [2.24, 2.45) is 0 Å². The first-order valence-electron chi connectivity index (χ1n) is 8.30. The van der Waals surface area contributed by atoms with E-state index in [1.54, 1.807) is 0 Å². The molecule has 3 unspecified atom stereocenters. The van der Waals surface area contributed by atoms with Gasteiger partial charge in [0.2, 0.25) is 5.91 Å². The van der Waals surface area contributed by atoms with Crippen LogP contribution in [0.4, 0.5) is 4.79 Å². The third-order valence-corrected chi connectivity index (χ3v) is 5.76. The summed E-state index contributed by atoms with van der Waals surface area (Å²) >= 11 is 1.93. The normalized spacial score (nSPS) is 26.4. The molecule has 126 valence electrons. The number of urea groups is 1. The van der Waals surface area contributed by atoms with E-state index in [9.17, 15) is 9.59 Å². The maximum Gasteiger partial charge on any atom is 0.315 e. The lowest BCUT2D eigenvalue weighted by molar-refractivity contribution is -0.121. The molecule has 0 spiro atoms. The van der Waals surface area contributed by atoms with Crippen LogP contribution in [0.15, 0.2) is 0 Å². The summed E-state index contributed by atoms with van der Waals surface area (Å²) in [6, 6.07) is 0.542. The molecule has 2 heterocycles. The minimum Gasteiger partial charge on any atom is -0.356 e. The van der Waals surface area contributed by atoms with Crippen LogP contribution in [-0.4, -0.2) is 55.2 Å². The van der Waals surface area contributed by atoms with Gasteiger partial charge >= 0.3 is 6.03 Å². The average Bonchev–Trinajstić information content (AvgIpc) is 3.03. The van der Waals surface area contributed by atoms with E-state index in [2.05, 4.69) is 21.3 Å². The summed E-state index contributed by atoms with van der Waals surface area (Å²) in [4.78, 5) is 23.0. The second-order valence-electron chi connectivity index (χ2n) is 6.03. The highest BCUT2D eigenvalue weighted by Gasteiger charge is 2.42. The molecule has 0 radical (unpaired) electrons. The first-order valence-corrected chi connectivity index (χ1v) is 9.35. The van der Waals surface area contributed by atoms with Crippen LogP contribution in [0, 0.1) is 0 Å². The van der Waals surface area contributed by atoms with Crippen LogP contribution >= 0.6 is 11.8 Å². The van der Waals surface area contributed by atoms with Gasteiger partial charge in [0.25, 0.3) is 0 Å². The van der Waals surface area contributed by atoms with E-state index in [0.29, 0.717) is 17.7 Å². The number of nitrogens with one attached hydrogen (secondary N) is 4. The highest BCUT2D eigenvalue weighted by atomic mass is 32.2. The Morgan fingerprint density at radius 3 is 2.86 bits per heavy atom. The van der Waals surface area contributed by atoms with Crippen molar-refractivity contribution in [3.8, 4) is 0 Å². The summed E-state index contributed by atoms with van der Waals surface area (Å²) in [5.74, 6) is 1.17. The molecule has 0 saturated carbocycles. The molecule has 6 nitrogen and oxygen atoms in total. The summed E-state index contributed by atoms with van der Waals surface area (Å²) < 4.78 is 0. The predicted molar refractivity (Wildman–Crippen MR) is 90.1 cm³/mol. The van der Waals surface area contributed by atoms with Gasteiger partial charge in [-0.25, -0.2) is 4.79 Å². The molecule has 2 fully saturated rings. The average molecular weight is 328 g/mol. The lowest BCUT2D eigenvalue weighted by Gasteiger charge is -2.16. The van der Waals surface area contributed by atoms with Crippen LogP contribution in [0.5, 0.6) is 0 Å². The number of carbonyl (C=O) groups excluding carboxylic acids is 2. The van der Waals surface area contributed by atoms with E-state index in [1.165, 1.54) is 0 Å². The van der Waals surface area contributed by atoms with Gasteiger partial charge in [0, 0.05) is 24.0 Å². The molecule has 3 atom stereocenters. The van der Waals surface area contributed by atoms with E-state index >= 15 is 0 Å². The minimum atomic E-state index is -0.0297. The Balaban J connectivity index is 1.49. The maximum atomic E-state index is 11.7. The third kappa shape index (κ3) is 5.35. The largest absolute Gasteiger partial charge is 0.356 e. The van der Waals surface area contributed by atoms with Gasteiger partial charge in [0.05, 0.1) is 12.1 Å². The lowest BCUT2D eigenvalue weighted by Crippen LogP contribution is -2.36. The van der Waals surface area contributed by atoms with Crippen molar-refractivity contribution in [3.63, 3.8) is 0 Å². The summed E-state index contributed by atoms with van der Waals surface area (Å²) in [7, 11) is 1.94. The Morgan fingerprint density at radius 1 is 1.23 bits per heavy atom. The number of hydrogen-bond donors (Lipinski definition) is 4. The van der Waals surface area contributed by atoms with Crippen LogP contribution in [0.25, 0.3) is 0 Å². The van der Waals surface area contributed by atoms with Gasteiger partial charge in [-0.2, -0.15) is 11.8 Å². The van der Waals surface area contributed by atoms with E-state index in [0.717, 1.165) is 50.9 Å². The molecule has 4 N–H and O–H groups in total. The molecular weight excluding hydrogens is 300 g/mol. The predicted octanol–water partition coefficient (Wildman–Crippen LogP) is 0.828. The summed E-state index contributed by atoms with van der Waals surface area (Å²) in [5, 5.41) is 12.5. The van der Waals surface area contributed by atoms with Crippen molar-refractivity contribution in [2.45, 2.75) is 55.9 Å². The SMILES string of the molecule is CNCCCCNC(=O)CCCCC1SCC2NC(=O)NC21.